The Morgan fingerprint density at radius 2 is 2.17 bits per heavy atom. The van der Waals surface area contributed by atoms with Crippen molar-refractivity contribution < 1.29 is 4.74 Å². The Labute approximate surface area is 148 Å². The number of rotatable bonds is 3. The van der Waals surface area contributed by atoms with E-state index in [-0.39, 0.29) is 6.04 Å². The third kappa shape index (κ3) is 3.98. The molecule has 3 rings (SSSR count). The third-order valence-corrected chi connectivity index (χ3v) is 4.56. The summed E-state index contributed by atoms with van der Waals surface area (Å²) in [6.45, 7) is 1.11. The highest BCUT2D eigenvalue weighted by molar-refractivity contribution is 9.10. The van der Waals surface area contributed by atoms with Crippen molar-refractivity contribution in [2.75, 3.05) is 6.61 Å². The van der Waals surface area contributed by atoms with Crippen molar-refractivity contribution in [1.82, 2.24) is 5.32 Å². The molecule has 0 aliphatic carbocycles. The summed E-state index contributed by atoms with van der Waals surface area (Å²) in [5.74, 6) is 1.31. The Balaban J connectivity index is 1.68. The average Bonchev–Trinajstić information content (AvgIpc) is 2.54. The van der Waals surface area contributed by atoms with Crippen LogP contribution in [0, 0.1) is 0 Å². The lowest BCUT2D eigenvalue weighted by Gasteiger charge is -2.26. The summed E-state index contributed by atoms with van der Waals surface area (Å²) in [7, 11) is 0. The molecule has 0 fully saturated rings. The predicted molar refractivity (Wildman–Crippen MR) is 96.9 cm³/mol. The highest BCUT2D eigenvalue weighted by Gasteiger charge is 2.21. The van der Waals surface area contributed by atoms with Crippen LogP contribution in [0.25, 0.3) is 0 Å². The fraction of sp³-hybridized carbons (Fsp3) is 0.235. The number of para-hydroxylation sites is 1. The van der Waals surface area contributed by atoms with E-state index in [1.807, 2.05) is 42.5 Å². The zero-order chi connectivity index (χ0) is 16.2. The summed E-state index contributed by atoms with van der Waals surface area (Å²) in [6, 6.07) is 13.8. The molecule has 3 N–H and O–H groups in total. The van der Waals surface area contributed by atoms with E-state index >= 15 is 0 Å². The van der Waals surface area contributed by atoms with Crippen molar-refractivity contribution in [3.63, 3.8) is 0 Å². The first kappa shape index (κ1) is 16.1. The molecule has 1 aliphatic rings. The van der Waals surface area contributed by atoms with Crippen molar-refractivity contribution >= 4 is 33.5 Å². The molecule has 1 unspecified atom stereocenters. The summed E-state index contributed by atoms with van der Waals surface area (Å²) < 4.78 is 6.59. The lowest BCUT2D eigenvalue weighted by Crippen LogP contribution is -2.37. The van der Waals surface area contributed by atoms with Crippen LogP contribution in [0.15, 0.2) is 51.9 Å². The first-order valence-electron chi connectivity index (χ1n) is 7.35. The van der Waals surface area contributed by atoms with Gasteiger partial charge >= 0.3 is 0 Å². The van der Waals surface area contributed by atoms with E-state index in [9.17, 15) is 0 Å². The van der Waals surface area contributed by atoms with E-state index in [4.69, 9.17) is 22.1 Å². The molecule has 0 bridgehead atoms. The zero-order valence-corrected chi connectivity index (χ0v) is 14.8. The normalized spacial score (nSPS) is 17.3. The Morgan fingerprint density at radius 1 is 1.35 bits per heavy atom. The largest absolute Gasteiger partial charge is 0.493 e. The molecule has 1 atom stereocenters. The zero-order valence-electron chi connectivity index (χ0n) is 12.4. The van der Waals surface area contributed by atoms with Crippen molar-refractivity contribution in [2.24, 2.45) is 10.7 Å². The van der Waals surface area contributed by atoms with Crippen molar-refractivity contribution in [1.29, 1.82) is 0 Å². The van der Waals surface area contributed by atoms with Crippen molar-refractivity contribution in [3.8, 4) is 5.75 Å². The molecule has 120 valence electrons. The van der Waals surface area contributed by atoms with Gasteiger partial charge in [0, 0.05) is 21.5 Å². The van der Waals surface area contributed by atoms with E-state index in [1.54, 1.807) is 0 Å². The maximum absolute atomic E-state index is 6.19. The summed E-state index contributed by atoms with van der Waals surface area (Å²) in [4.78, 5) is 4.39. The van der Waals surface area contributed by atoms with Crippen LogP contribution in [0.5, 0.6) is 5.75 Å². The minimum absolute atomic E-state index is 0.115. The van der Waals surface area contributed by atoms with Gasteiger partial charge < -0.3 is 15.8 Å². The molecule has 4 nitrogen and oxygen atoms in total. The molecular formula is C17H17BrClN3O. The number of nitrogens with two attached hydrogens (primary N) is 1. The number of guanidine groups is 1. The van der Waals surface area contributed by atoms with Gasteiger partial charge in [0.25, 0.3) is 0 Å². The molecule has 0 spiro atoms. The second-order valence-corrected chi connectivity index (χ2v) is 6.63. The number of hydrogen-bond acceptors (Lipinski definition) is 2. The van der Waals surface area contributed by atoms with Gasteiger partial charge in [-0.3, -0.25) is 0 Å². The molecule has 6 heteroatoms. The van der Waals surface area contributed by atoms with Crippen molar-refractivity contribution in [2.45, 2.75) is 19.0 Å². The highest BCUT2D eigenvalue weighted by atomic mass is 79.9. The summed E-state index contributed by atoms with van der Waals surface area (Å²) in [5, 5.41) is 3.94. The van der Waals surface area contributed by atoms with E-state index in [0.29, 0.717) is 24.1 Å². The third-order valence-electron chi connectivity index (χ3n) is 3.72. The molecule has 0 saturated carbocycles. The molecule has 2 aromatic carbocycles. The summed E-state index contributed by atoms with van der Waals surface area (Å²) >= 11 is 9.58. The molecule has 0 radical (unpaired) electrons. The minimum Gasteiger partial charge on any atom is -0.493 e. The van der Waals surface area contributed by atoms with Gasteiger partial charge in [-0.05, 0) is 23.8 Å². The standard InChI is InChI=1S/C17H17BrClN3O/c18-12-6-5-11(14(19)9-12)10-21-17(20)22-15-7-8-23-16-4-2-1-3-13(15)16/h1-6,9,15H,7-8,10H2,(H3,20,21,22). The second-order valence-electron chi connectivity index (χ2n) is 5.31. The van der Waals surface area contributed by atoms with Crippen LogP contribution in [0.2, 0.25) is 5.02 Å². The predicted octanol–water partition coefficient (Wildman–Crippen LogP) is 4.03. The molecule has 1 aliphatic heterocycles. The van der Waals surface area contributed by atoms with Crippen LogP contribution in [0.1, 0.15) is 23.6 Å². The number of benzene rings is 2. The Kier molecular flexibility index (Phi) is 5.08. The van der Waals surface area contributed by atoms with Gasteiger partial charge in [0.2, 0.25) is 0 Å². The van der Waals surface area contributed by atoms with E-state index < -0.39 is 0 Å². The number of nitrogens with zero attached hydrogens (tertiary/aromatic N) is 1. The molecule has 23 heavy (non-hydrogen) atoms. The van der Waals surface area contributed by atoms with Gasteiger partial charge in [0.05, 0.1) is 19.2 Å². The maximum atomic E-state index is 6.19. The van der Waals surface area contributed by atoms with Gasteiger partial charge in [0.1, 0.15) is 5.75 Å². The summed E-state index contributed by atoms with van der Waals surface area (Å²) in [5.41, 5.74) is 8.08. The quantitative estimate of drug-likeness (QED) is 0.610. The molecule has 1 heterocycles. The topological polar surface area (TPSA) is 59.6 Å². The Bertz CT molecular complexity index is 736. The monoisotopic (exact) mass is 393 g/mol. The average molecular weight is 395 g/mol. The number of fused-ring (bicyclic) bond motifs is 1. The van der Waals surface area contributed by atoms with Crippen LogP contribution in [-0.2, 0) is 6.54 Å². The Hall–Kier alpha value is -1.72. The highest BCUT2D eigenvalue weighted by Crippen LogP contribution is 2.31. The van der Waals surface area contributed by atoms with Crippen LogP contribution < -0.4 is 15.8 Å². The van der Waals surface area contributed by atoms with Gasteiger partial charge in [-0.1, -0.05) is 51.8 Å². The number of aliphatic imine (C=N–C) groups is 1. The molecule has 0 saturated heterocycles. The second kappa shape index (κ2) is 7.23. The number of hydrogen-bond donors (Lipinski definition) is 2. The van der Waals surface area contributed by atoms with E-state index in [0.717, 1.165) is 27.8 Å². The lowest BCUT2D eigenvalue weighted by atomic mass is 10.0. The van der Waals surface area contributed by atoms with Crippen LogP contribution in [0.4, 0.5) is 0 Å². The summed E-state index contributed by atoms with van der Waals surface area (Å²) in [6.07, 6.45) is 0.853. The number of nitrogens with one attached hydrogen (secondary N) is 1. The molecule has 0 aromatic heterocycles. The minimum atomic E-state index is 0.115. The van der Waals surface area contributed by atoms with Gasteiger partial charge in [0.15, 0.2) is 5.96 Å². The Morgan fingerprint density at radius 3 is 3.00 bits per heavy atom. The van der Waals surface area contributed by atoms with Gasteiger partial charge in [-0.15, -0.1) is 0 Å². The van der Waals surface area contributed by atoms with E-state index in [1.165, 1.54) is 0 Å². The molecular weight excluding hydrogens is 378 g/mol. The number of halogens is 2. The van der Waals surface area contributed by atoms with Gasteiger partial charge in [-0.25, -0.2) is 4.99 Å². The fourth-order valence-electron chi connectivity index (χ4n) is 2.54. The van der Waals surface area contributed by atoms with Crippen LogP contribution in [-0.4, -0.2) is 12.6 Å². The number of ether oxygens (including phenoxy) is 1. The SMILES string of the molecule is NC(=NCc1ccc(Br)cc1Cl)NC1CCOc2ccccc21. The van der Waals surface area contributed by atoms with Crippen LogP contribution in [0.3, 0.4) is 0 Å². The lowest BCUT2D eigenvalue weighted by molar-refractivity contribution is 0.262. The van der Waals surface area contributed by atoms with Gasteiger partial charge in [-0.2, -0.15) is 0 Å². The van der Waals surface area contributed by atoms with E-state index in [2.05, 4.69) is 26.2 Å². The van der Waals surface area contributed by atoms with Crippen LogP contribution >= 0.6 is 27.5 Å². The first-order valence-corrected chi connectivity index (χ1v) is 8.52. The molecule has 2 aromatic rings. The van der Waals surface area contributed by atoms with Crippen molar-refractivity contribution in [3.05, 3.63) is 63.1 Å². The maximum Gasteiger partial charge on any atom is 0.189 e. The smallest absolute Gasteiger partial charge is 0.189 e. The molecule has 0 amide bonds. The first-order chi connectivity index (χ1) is 11.1. The fourth-order valence-corrected chi connectivity index (χ4v) is 3.27.